The van der Waals surface area contributed by atoms with Crippen molar-refractivity contribution in [3.05, 3.63) is 23.5 Å². The molecule has 0 aromatic heterocycles. The maximum absolute atomic E-state index is 8.45. The second-order valence-corrected chi connectivity index (χ2v) is 2.04. The van der Waals surface area contributed by atoms with Gasteiger partial charge in [0.25, 0.3) is 0 Å². The van der Waals surface area contributed by atoms with E-state index in [4.69, 9.17) is 15.3 Å². The second-order valence-electron chi connectivity index (χ2n) is 2.04. The van der Waals surface area contributed by atoms with E-state index in [0.717, 1.165) is 0 Å². The van der Waals surface area contributed by atoms with Gasteiger partial charge in [-0.3, -0.25) is 0 Å². The lowest BCUT2D eigenvalue weighted by Gasteiger charge is -1.92. The van der Waals surface area contributed by atoms with Crippen LogP contribution in [0.1, 0.15) is 13.8 Å². The van der Waals surface area contributed by atoms with Crippen molar-refractivity contribution in [2.24, 2.45) is 0 Å². The van der Waals surface area contributed by atoms with Crippen LogP contribution in [0.25, 0.3) is 0 Å². The molecule has 0 rings (SSSR count). The van der Waals surface area contributed by atoms with Gasteiger partial charge in [0.1, 0.15) is 17.7 Å². The SMILES string of the molecule is CCOC=CC(C)=C(C#N)C#N. The van der Waals surface area contributed by atoms with Crippen LogP contribution < -0.4 is 0 Å². The summed E-state index contributed by atoms with van der Waals surface area (Å²) in [6, 6.07) is 3.58. The minimum Gasteiger partial charge on any atom is -0.501 e. The number of allylic oxidation sites excluding steroid dienone is 3. The Bertz CT molecular complexity index is 260. The average molecular weight is 162 g/mol. The van der Waals surface area contributed by atoms with Crippen LogP contribution in [0.2, 0.25) is 0 Å². The van der Waals surface area contributed by atoms with E-state index < -0.39 is 0 Å². The largest absolute Gasteiger partial charge is 0.501 e. The van der Waals surface area contributed by atoms with Crippen molar-refractivity contribution >= 4 is 0 Å². The van der Waals surface area contributed by atoms with Crippen LogP contribution in [0.4, 0.5) is 0 Å². The van der Waals surface area contributed by atoms with Crippen molar-refractivity contribution in [1.29, 1.82) is 10.5 Å². The van der Waals surface area contributed by atoms with Gasteiger partial charge in [-0.05, 0) is 25.5 Å². The molecule has 3 nitrogen and oxygen atoms in total. The first-order valence-electron chi connectivity index (χ1n) is 3.55. The summed E-state index contributed by atoms with van der Waals surface area (Å²) in [6.45, 7) is 4.13. The lowest BCUT2D eigenvalue weighted by molar-refractivity contribution is 0.269. The topological polar surface area (TPSA) is 56.8 Å². The maximum atomic E-state index is 8.45. The number of rotatable bonds is 3. The van der Waals surface area contributed by atoms with Crippen LogP contribution in [0.15, 0.2) is 23.5 Å². The Hall–Kier alpha value is -1.74. The molecule has 0 aliphatic rings. The number of ether oxygens (including phenoxy) is 1. The third kappa shape index (κ3) is 3.43. The zero-order valence-corrected chi connectivity index (χ0v) is 7.16. The van der Waals surface area contributed by atoms with Crippen LogP contribution in [-0.2, 0) is 4.74 Å². The lowest BCUT2D eigenvalue weighted by atomic mass is 10.2. The average Bonchev–Trinajstić information content (AvgIpc) is 2.07. The summed E-state index contributed by atoms with van der Waals surface area (Å²) in [4.78, 5) is 0. The molecule has 0 aliphatic carbocycles. The van der Waals surface area contributed by atoms with Crippen molar-refractivity contribution in [1.82, 2.24) is 0 Å². The standard InChI is InChI=1S/C9H10N2O/c1-3-12-5-4-8(2)9(6-10)7-11/h4-5H,3H2,1-2H3. The highest BCUT2D eigenvalue weighted by molar-refractivity contribution is 5.43. The molecule has 0 fully saturated rings. The van der Waals surface area contributed by atoms with Crippen molar-refractivity contribution in [3.63, 3.8) is 0 Å². The third-order valence-corrected chi connectivity index (χ3v) is 1.20. The zero-order valence-electron chi connectivity index (χ0n) is 7.16. The van der Waals surface area contributed by atoms with Crippen LogP contribution in [0.5, 0.6) is 0 Å². The van der Waals surface area contributed by atoms with Crippen LogP contribution in [-0.4, -0.2) is 6.61 Å². The minimum atomic E-state index is 0.117. The molecule has 0 aliphatic heterocycles. The normalized spacial score (nSPS) is 8.67. The predicted octanol–water partition coefficient (Wildman–Crippen LogP) is 1.90. The Balaban J connectivity index is 4.39. The van der Waals surface area contributed by atoms with Crippen molar-refractivity contribution < 1.29 is 4.74 Å². The summed E-state index contributed by atoms with van der Waals surface area (Å²) in [7, 11) is 0. The summed E-state index contributed by atoms with van der Waals surface area (Å²) < 4.78 is 4.91. The molecule has 0 saturated carbocycles. The van der Waals surface area contributed by atoms with E-state index in [1.165, 1.54) is 6.26 Å². The molecule has 0 bridgehead atoms. The van der Waals surface area contributed by atoms with E-state index in [2.05, 4.69) is 0 Å². The van der Waals surface area contributed by atoms with Crippen LogP contribution in [0, 0.1) is 22.7 Å². The molecule has 0 heterocycles. The van der Waals surface area contributed by atoms with E-state index in [0.29, 0.717) is 12.2 Å². The Kier molecular flexibility index (Phi) is 5.13. The molecule has 0 radical (unpaired) electrons. The van der Waals surface area contributed by atoms with Gasteiger partial charge < -0.3 is 4.74 Å². The van der Waals surface area contributed by atoms with E-state index in [-0.39, 0.29) is 5.57 Å². The molecule has 0 amide bonds. The summed E-state index contributed by atoms with van der Waals surface area (Å²) in [6.07, 6.45) is 3.08. The van der Waals surface area contributed by atoms with E-state index >= 15 is 0 Å². The molecule has 0 saturated heterocycles. The van der Waals surface area contributed by atoms with Crippen LogP contribution >= 0.6 is 0 Å². The molecular weight excluding hydrogens is 152 g/mol. The van der Waals surface area contributed by atoms with Gasteiger partial charge >= 0.3 is 0 Å². The second kappa shape index (κ2) is 6.00. The summed E-state index contributed by atoms with van der Waals surface area (Å²) in [5.74, 6) is 0. The summed E-state index contributed by atoms with van der Waals surface area (Å²) in [5, 5.41) is 16.9. The van der Waals surface area contributed by atoms with Gasteiger partial charge in [0.05, 0.1) is 12.9 Å². The number of hydrogen-bond donors (Lipinski definition) is 0. The third-order valence-electron chi connectivity index (χ3n) is 1.20. The molecule has 3 heteroatoms. The first-order chi connectivity index (χ1) is 5.76. The predicted molar refractivity (Wildman–Crippen MR) is 44.7 cm³/mol. The quantitative estimate of drug-likeness (QED) is 0.362. The van der Waals surface area contributed by atoms with Gasteiger partial charge in [0, 0.05) is 0 Å². The smallest absolute Gasteiger partial charge is 0.132 e. The molecule has 0 aromatic rings. The van der Waals surface area contributed by atoms with Crippen LogP contribution in [0.3, 0.4) is 0 Å². The summed E-state index contributed by atoms with van der Waals surface area (Å²) in [5.41, 5.74) is 0.736. The fourth-order valence-electron chi connectivity index (χ4n) is 0.531. The Morgan fingerprint density at radius 3 is 2.42 bits per heavy atom. The minimum absolute atomic E-state index is 0.117. The molecule has 12 heavy (non-hydrogen) atoms. The highest BCUT2D eigenvalue weighted by atomic mass is 16.5. The van der Waals surface area contributed by atoms with Gasteiger partial charge in [-0.25, -0.2) is 0 Å². The Morgan fingerprint density at radius 2 is 2.00 bits per heavy atom. The fourth-order valence-corrected chi connectivity index (χ4v) is 0.531. The molecule has 62 valence electrons. The van der Waals surface area contributed by atoms with E-state index in [1.807, 2.05) is 6.92 Å². The number of hydrogen-bond acceptors (Lipinski definition) is 3. The first kappa shape index (κ1) is 10.3. The highest BCUT2D eigenvalue weighted by Crippen LogP contribution is 2.02. The van der Waals surface area contributed by atoms with Crippen molar-refractivity contribution in [3.8, 4) is 12.1 Å². The number of nitrogens with zero attached hydrogens (tertiary/aromatic N) is 2. The van der Waals surface area contributed by atoms with Gasteiger partial charge in [-0.15, -0.1) is 0 Å². The Labute approximate surface area is 72.2 Å². The number of nitriles is 2. The van der Waals surface area contributed by atoms with Gasteiger partial charge in [0.15, 0.2) is 0 Å². The molecule has 0 aromatic carbocycles. The molecular formula is C9H10N2O. The van der Waals surface area contributed by atoms with E-state index in [9.17, 15) is 0 Å². The van der Waals surface area contributed by atoms with Gasteiger partial charge in [0.2, 0.25) is 0 Å². The molecule has 0 atom stereocenters. The molecule has 0 unspecified atom stereocenters. The first-order valence-corrected chi connectivity index (χ1v) is 3.55. The molecule has 0 N–H and O–H groups in total. The van der Waals surface area contributed by atoms with Crippen molar-refractivity contribution in [2.45, 2.75) is 13.8 Å². The molecule has 0 spiro atoms. The fraction of sp³-hybridized carbons (Fsp3) is 0.333. The lowest BCUT2D eigenvalue weighted by Crippen LogP contribution is -1.81. The van der Waals surface area contributed by atoms with Crippen molar-refractivity contribution in [2.75, 3.05) is 6.61 Å². The van der Waals surface area contributed by atoms with Gasteiger partial charge in [-0.1, -0.05) is 0 Å². The highest BCUT2D eigenvalue weighted by Gasteiger charge is 1.95. The monoisotopic (exact) mass is 162 g/mol. The summed E-state index contributed by atoms with van der Waals surface area (Å²) >= 11 is 0. The maximum Gasteiger partial charge on any atom is 0.132 e. The van der Waals surface area contributed by atoms with Gasteiger partial charge in [-0.2, -0.15) is 10.5 Å². The Morgan fingerprint density at radius 1 is 1.42 bits per heavy atom. The zero-order chi connectivity index (χ0) is 9.40. The van der Waals surface area contributed by atoms with E-state index in [1.54, 1.807) is 25.1 Å².